The molecule has 0 bridgehead atoms. The molecule has 17 heavy (non-hydrogen) atoms. The van der Waals surface area contributed by atoms with Gasteiger partial charge in [-0.3, -0.25) is 4.90 Å². The van der Waals surface area contributed by atoms with Crippen molar-refractivity contribution >= 4 is 5.69 Å². The Kier molecular flexibility index (Phi) is 4.02. The molecule has 1 saturated heterocycles. The largest absolute Gasteiger partial charge is 0.378 e. The highest BCUT2D eigenvalue weighted by molar-refractivity contribution is 5.45. The fourth-order valence-corrected chi connectivity index (χ4v) is 2.16. The third kappa shape index (κ3) is 3.45. The summed E-state index contributed by atoms with van der Waals surface area (Å²) in [5.41, 5.74) is 2.69. The van der Waals surface area contributed by atoms with Crippen LogP contribution in [0.2, 0.25) is 0 Å². The van der Waals surface area contributed by atoms with Gasteiger partial charge in [0.2, 0.25) is 0 Å². The van der Waals surface area contributed by atoms with Crippen molar-refractivity contribution in [1.82, 2.24) is 9.80 Å². The summed E-state index contributed by atoms with van der Waals surface area (Å²) in [5.74, 6) is 0. The first-order chi connectivity index (χ1) is 8.15. The summed E-state index contributed by atoms with van der Waals surface area (Å²) in [5, 5.41) is 0. The third-order valence-corrected chi connectivity index (χ3v) is 3.45. The molecule has 94 valence electrons. The van der Waals surface area contributed by atoms with Gasteiger partial charge in [0.05, 0.1) is 0 Å². The molecule has 1 aromatic carbocycles. The van der Waals surface area contributed by atoms with Crippen molar-refractivity contribution in [3.05, 3.63) is 29.8 Å². The van der Waals surface area contributed by atoms with Crippen LogP contribution in [0.3, 0.4) is 0 Å². The van der Waals surface area contributed by atoms with Gasteiger partial charge in [-0.1, -0.05) is 12.1 Å². The Labute approximate surface area is 105 Å². The van der Waals surface area contributed by atoms with E-state index in [4.69, 9.17) is 0 Å². The molecule has 0 radical (unpaired) electrons. The van der Waals surface area contributed by atoms with Crippen LogP contribution in [0.4, 0.5) is 5.69 Å². The molecule has 1 aliphatic heterocycles. The predicted molar refractivity (Wildman–Crippen MR) is 73.5 cm³/mol. The number of nitrogens with zero attached hydrogens (tertiary/aromatic N) is 3. The minimum atomic E-state index is 1.08. The molecule has 1 fully saturated rings. The highest BCUT2D eigenvalue weighted by atomic mass is 15.2. The molecule has 0 unspecified atom stereocenters. The van der Waals surface area contributed by atoms with Gasteiger partial charge in [-0.05, 0) is 24.7 Å². The summed E-state index contributed by atoms with van der Waals surface area (Å²) in [7, 11) is 6.36. The van der Waals surface area contributed by atoms with Crippen LogP contribution < -0.4 is 4.90 Å². The van der Waals surface area contributed by atoms with E-state index in [9.17, 15) is 0 Å². The fourth-order valence-electron chi connectivity index (χ4n) is 2.16. The third-order valence-electron chi connectivity index (χ3n) is 3.45. The van der Waals surface area contributed by atoms with Crippen LogP contribution in [0.1, 0.15) is 5.56 Å². The van der Waals surface area contributed by atoms with E-state index in [0.29, 0.717) is 0 Å². The van der Waals surface area contributed by atoms with E-state index >= 15 is 0 Å². The number of likely N-dealkylation sites (N-methyl/N-ethyl adjacent to an activating group) is 1. The molecule has 0 aliphatic carbocycles. The summed E-state index contributed by atoms with van der Waals surface area (Å²) < 4.78 is 0. The lowest BCUT2D eigenvalue weighted by Crippen LogP contribution is -2.43. The lowest BCUT2D eigenvalue weighted by molar-refractivity contribution is 0.148. The molecule has 0 N–H and O–H groups in total. The fraction of sp³-hybridized carbons (Fsp3) is 0.571. The molecule has 3 nitrogen and oxygen atoms in total. The van der Waals surface area contributed by atoms with Crippen LogP contribution >= 0.6 is 0 Å². The number of anilines is 1. The van der Waals surface area contributed by atoms with Crippen LogP contribution in [0, 0.1) is 0 Å². The molecule has 0 aromatic heterocycles. The Hall–Kier alpha value is -1.06. The summed E-state index contributed by atoms with van der Waals surface area (Å²) in [6.07, 6.45) is 0. The topological polar surface area (TPSA) is 9.72 Å². The van der Waals surface area contributed by atoms with Crippen LogP contribution in [0.25, 0.3) is 0 Å². The second kappa shape index (κ2) is 5.52. The minimum absolute atomic E-state index is 1.08. The molecule has 1 heterocycles. The van der Waals surface area contributed by atoms with E-state index in [-0.39, 0.29) is 0 Å². The molecule has 0 amide bonds. The maximum absolute atomic E-state index is 2.53. The Morgan fingerprint density at radius 1 is 1.00 bits per heavy atom. The molecule has 3 heteroatoms. The Morgan fingerprint density at radius 2 is 1.59 bits per heavy atom. The number of benzene rings is 1. The van der Waals surface area contributed by atoms with Crippen molar-refractivity contribution < 1.29 is 0 Å². The molecular weight excluding hydrogens is 210 g/mol. The zero-order valence-electron chi connectivity index (χ0n) is 11.2. The van der Waals surface area contributed by atoms with Gasteiger partial charge in [-0.25, -0.2) is 0 Å². The second-order valence-corrected chi connectivity index (χ2v) is 5.14. The lowest BCUT2D eigenvalue weighted by Gasteiger charge is -2.32. The van der Waals surface area contributed by atoms with Crippen LogP contribution in [0.15, 0.2) is 24.3 Å². The normalized spacial score (nSPS) is 18.3. The summed E-state index contributed by atoms with van der Waals surface area (Å²) >= 11 is 0. The predicted octanol–water partition coefficient (Wildman–Crippen LogP) is 1.50. The molecular formula is C14H23N3. The summed E-state index contributed by atoms with van der Waals surface area (Å²) in [6, 6.07) is 8.89. The average molecular weight is 233 g/mol. The van der Waals surface area contributed by atoms with Gasteiger partial charge in [0.25, 0.3) is 0 Å². The quantitative estimate of drug-likeness (QED) is 0.783. The summed E-state index contributed by atoms with van der Waals surface area (Å²) in [6.45, 7) is 5.84. The van der Waals surface area contributed by atoms with E-state index in [2.05, 4.69) is 60.1 Å². The van der Waals surface area contributed by atoms with E-state index in [1.807, 2.05) is 0 Å². The van der Waals surface area contributed by atoms with Crippen molar-refractivity contribution in [3.63, 3.8) is 0 Å². The van der Waals surface area contributed by atoms with Crippen LogP contribution in [-0.2, 0) is 6.54 Å². The van der Waals surface area contributed by atoms with E-state index in [1.165, 1.54) is 37.4 Å². The zero-order chi connectivity index (χ0) is 12.3. The lowest BCUT2D eigenvalue weighted by atomic mass is 10.1. The maximum Gasteiger partial charge on any atom is 0.0361 e. The Bertz CT molecular complexity index is 337. The smallest absolute Gasteiger partial charge is 0.0361 e. The molecule has 2 rings (SSSR count). The van der Waals surface area contributed by atoms with Gasteiger partial charge in [0.15, 0.2) is 0 Å². The van der Waals surface area contributed by atoms with Crippen LogP contribution in [0.5, 0.6) is 0 Å². The van der Waals surface area contributed by atoms with Crippen molar-refractivity contribution in [2.75, 3.05) is 52.2 Å². The first kappa shape index (κ1) is 12.4. The van der Waals surface area contributed by atoms with Crippen molar-refractivity contribution in [3.8, 4) is 0 Å². The van der Waals surface area contributed by atoms with Gasteiger partial charge < -0.3 is 9.80 Å². The first-order valence-electron chi connectivity index (χ1n) is 6.32. The highest BCUT2D eigenvalue weighted by Crippen LogP contribution is 2.14. The van der Waals surface area contributed by atoms with Gasteiger partial charge in [0, 0.05) is 52.5 Å². The molecule has 1 aliphatic rings. The zero-order valence-corrected chi connectivity index (χ0v) is 11.2. The van der Waals surface area contributed by atoms with Gasteiger partial charge >= 0.3 is 0 Å². The summed E-state index contributed by atoms with van der Waals surface area (Å²) in [4.78, 5) is 7.07. The SMILES string of the molecule is CN1CCN(Cc2ccc(N(C)C)cc2)CC1. The van der Waals surface area contributed by atoms with Crippen molar-refractivity contribution in [2.24, 2.45) is 0 Å². The van der Waals surface area contributed by atoms with Gasteiger partial charge in [-0.2, -0.15) is 0 Å². The molecule has 0 atom stereocenters. The first-order valence-corrected chi connectivity index (χ1v) is 6.32. The number of hydrogen-bond donors (Lipinski definition) is 0. The van der Waals surface area contributed by atoms with E-state index in [1.54, 1.807) is 0 Å². The standard InChI is InChI=1S/C14H23N3/c1-15(2)14-6-4-13(5-7-14)12-17-10-8-16(3)9-11-17/h4-7H,8-12H2,1-3H3. The number of piperazine rings is 1. The number of hydrogen-bond acceptors (Lipinski definition) is 3. The number of rotatable bonds is 3. The van der Waals surface area contributed by atoms with Gasteiger partial charge in [0.1, 0.15) is 0 Å². The Morgan fingerprint density at radius 3 is 2.12 bits per heavy atom. The monoisotopic (exact) mass is 233 g/mol. The van der Waals surface area contributed by atoms with Gasteiger partial charge in [-0.15, -0.1) is 0 Å². The van der Waals surface area contributed by atoms with Crippen LogP contribution in [-0.4, -0.2) is 57.1 Å². The molecule has 0 spiro atoms. The minimum Gasteiger partial charge on any atom is -0.378 e. The van der Waals surface area contributed by atoms with Crippen molar-refractivity contribution in [1.29, 1.82) is 0 Å². The molecule has 0 saturated carbocycles. The van der Waals surface area contributed by atoms with E-state index < -0.39 is 0 Å². The highest BCUT2D eigenvalue weighted by Gasteiger charge is 2.13. The van der Waals surface area contributed by atoms with Crippen molar-refractivity contribution in [2.45, 2.75) is 6.54 Å². The van der Waals surface area contributed by atoms with E-state index in [0.717, 1.165) is 6.54 Å². The second-order valence-electron chi connectivity index (χ2n) is 5.14. The average Bonchev–Trinajstić information content (AvgIpc) is 2.33. The Balaban J connectivity index is 1.90. The molecule has 1 aromatic rings. The maximum atomic E-state index is 2.53.